The highest BCUT2D eigenvalue weighted by atomic mass is 16.6. The number of nitrogens with two attached hydrogens (primary N) is 1. The van der Waals surface area contributed by atoms with Gasteiger partial charge >= 0.3 is 0 Å². The quantitative estimate of drug-likeness (QED) is 0.655. The molecule has 0 radical (unpaired) electrons. The number of hydrogen-bond donors (Lipinski definition) is 1. The van der Waals surface area contributed by atoms with Gasteiger partial charge in [-0.15, -0.1) is 0 Å². The van der Waals surface area contributed by atoms with Gasteiger partial charge in [-0.25, -0.2) is 0 Å². The van der Waals surface area contributed by atoms with Crippen molar-refractivity contribution in [3.8, 4) is 11.3 Å². The van der Waals surface area contributed by atoms with Crippen molar-refractivity contribution in [1.29, 1.82) is 0 Å². The van der Waals surface area contributed by atoms with Gasteiger partial charge < -0.3 is 5.73 Å². The Morgan fingerprint density at radius 1 is 1.28 bits per heavy atom. The Hall–Kier alpha value is -2.76. The fraction of sp³-hybridized carbons (Fsp3) is 0. The molecule has 2 N–H and O–H groups in total. The van der Waals surface area contributed by atoms with Crippen molar-refractivity contribution in [2.24, 2.45) is 5.73 Å². The van der Waals surface area contributed by atoms with Gasteiger partial charge in [0.15, 0.2) is 0 Å². The summed E-state index contributed by atoms with van der Waals surface area (Å²) in [5, 5.41) is 10.7. The van der Waals surface area contributed by atoms with Gasteiger partial charge in [0, 0.05) is 23.9 Å². The van der Waals surface area contributed by atoms with Gasteiger partial charge in [-0.3, -0.25) is 19.9 Å². The fourth-order valence-corrected chi connectivity index (χ4v) is 1.60. The van der Waals surface area contributed by atoms with Gasteiger partial charge in [0.05, 0.1) is 16.2 Å². The third-order valence-corrected chi connectivity index (χ3v) is 2.40. The number of amides is 1. The average Bonchev–Trinajstić information content (AvgIpc) is 2.39. The monoisotopic (exact) mass is 243 g/mol. The second kappa shape index (κ2) is 4.62. The lowest BCUT2D eigenvalue weighted by Crippen LogP contribution is -2.13. The van der Waals surface area contributed by atoms with Crippen molar-refractivity contribution in [3.63, 3.8) is 0 Å². The zero-order valence-electron chi connectivity index (χ0n) is 9.24. The Labute approximate surface area is 102 Å². The zero-order valence-corrected chi connectivity index (χ0v) is 9.24. The van der Waals surface area contributed by atoms with Crippen LogP contribution in [-0.2, 0) is 0 Å². The Morgan fingerprint density at radius 2 is 2.06 bits per heavy atom. The molecule has 6 heteroatoms. The third-order valence-electron chi connectivity index (χ3n) is 2.40. The van der Waals surface area contributed by atoms with E-state index < -0.39 is 10.8 Å². The van der Waals surface area contributed by atoms with Crippen molar-refractivity contribution in [2.45, 2.75) is 0 Å². The van der Waals surface area contributed by atoms with E-state index in [1.54, 1.807) is 12.1 Å². The highest BCUT2D eigenvalue weighted by molar-refractivity contribution is 5.98. The number of benzene rings is 1. The predicted octanol–water partition coefficient (Wildman–Crippen LogP) is 1.76. The van der Waals surface area contributed by atoms with Gasteiger partial charge in [-0.05, 0) is 12.1 Å². The molecule has 0 unspecified atom stereocenters. The lowest BCUT2D eigenvalue weighted by molar-refractivity contribution is -0.384. The molecule has 0 bridgehead atoms. The molecule has 0 saturated heterocycles. The minimum Gasteiger partial charge on any atom is -0.366 e. The first-order valence-electron chi connectivity index (χ1n) is 5.09. The van der Waals surface area contributed by atoms with Crippen LogP contribution in [-0.4, -0.2) is 15.8 Å². The zero-order chi connectivity index (χ0) is 13.1. The van der Waals surface area contributed by atoms with Crippen LogP contribution in [0.15, 0.2) is 42.6 Å². The number of carbonyl (C=O) groups excluding carboxylic acids is 1. The molecule has 18 heavy (non-hydrogen) atoms. The second-order valence-electron chi connectivity index (χ2n) is 3.57. The molecule has 1 heterocycles. The number of non-ortho nitro benzene ring substituents is 1. The number of aromatic nitrogens is 1. The van der Waals surface area contributed by atoms with Crippen LogP contribution < -0.4 is 5.73 Å². The van der Waals surface area contributed by atoms with Crippen LogP contribution in [0, 0.1) is 10.1 Å². The predicted molar refractivity (Wildman–Crippen MR) is 64.8 cm³/mol. The molecule has 0 atom stereocenters. The first-order valence-corrected chi connectivity index (χ1v) is 5.09. The van der Waals surface area contributed by atoms with Crippen LogP contribution in [0.1, 0.15) is 10.4 Å². The van der Waals surface area contributed by atoms with Crippen LogP contribution in [0.3, 0.4) is 0 Å². The number of nitrogens with zero attached hydrogens (tertiary/aromatic N) is 2. The Morgan fingerprint density at radius 3 is 2.72 bits per heavy atom. The van der Waals surface area contributed by atoms with Crippen molar-refractivity contribution in [1.82, 2.24) is 4.98 Å². The first kappa shape index (κ1) is 11.7. The maximum atomic E-state index is 11.3. The maximum absolute atomic E-state index is 11.3. The van der Waals surface area contributed by atoms with Gasteiger partial charge in [0.25, 0.3) is 11.6 Å². The standard InChI is InChI=1S/C12H9N3O3/c13-12(16)10-5-2-6-14-11(10)8-3-1-4-9(7-8)15(17)18/h1-7H,(H2,13,16). The Balaban J connectivity index is 2.58. The minimum atomic E-state index is -0.621. The molecule has 6 nitrogen and oxygen atoms in total. The van der Waals surface area contributed by atoms with E-state index in [4.69, 9.17) is 5.73 Å². The molecule has 2 rings (SSSR count). The van der Waals surface area contributed by atoms with Gasteiger partial charge in [0.2, 0.25) is 0 Å². The number of rotatable bonds is 3. The Kier molecular flexibility index (Phi) is 3.01. The van der Waals surface area contributed by atoms with Gasteiger partial charge in [0.1, 0.15) is 0 Å². The molecule has 0 aliphatic carbocycles. The topological polar surface area (TPSA) is 99.1 Å². The van der Waals surface area contributed by atoms with E-state index in [-0.39, 0.29) is 11.3 Å². The first-order chi connectivity index (χ1) is 8.59. The van der Waals surface area contributed by atoms with Crippen molar-refractivity contribution < 1.29 is 9.72 Å². The van der Waals surface area contributed by atoms with E-state index in [1.807, 2.05) is 0 Å². The number of hydrogen-bond acceptors (Lipinski definition) is 4. The molecule has 0 aliphatic rings. The van der Waals surface area contributed by atoms with Crippen molar-refractivity contribution in [3.05, 3.63) is 58.3 Å². The molecule has 90 valence electrons. The summed E-state index contributed by atoms with van der Waals surface area (Å²) in [6.45, 7) is 0. The van der Waals surface area contributed by atoms with Crippen molar-refractivity contribution in [2.75, 3.05) is 0 Å². The van der Waals surface area contributed by atoms with E-state index in [9.17, 15) is 14.9 Å². The lowest BCUT2D eigenvalue weighted by Gasteiger charge is -2.05. The van der Waals surface area contributed by atoms with Crippen LogP contribution >= 0.6 is 0 Å². The molecular weight excluding hydrogens is 234 g/mol. The summed E-state index contributed by atoms with van der Waals surface area (Å²) < 4.78 is 0. The summed E-state index contributed by atoms with van der Waals surface area (Å²) in [6, 6.07) is 9.02. The summed E-state index contributed by atoms with van der Waals surface area (Å²) in [6.07, 6.45) is 1.50. The van der Waals surface area contributed by atoms with Crippen LogP contribution in [0.5, 0.6) is 0 Å². The van der Waals surface area contributed by atoms with E-state index in [1.165, 1.54) is 30.5 Å². The molecule has 0 saturated carbocycles. The number of nitro benzene ring substituents is 1. The molecule has 1 aromatic heterocycles. The number of carbonyl (C=O) groups is 1. The molecule has 1 aromatic carbocycles. The summed E-state index contributed by atoms with van der Waals surface area (Å²) in [7, 11) is 0. The highest BCUT2D eigenvalue weighted by Crippen LogP contribution is 2.24. The van der Waals surface area contributed by atoms with E-state index in [0.717, 1.165) is 0 Å². The largest absolute Gasteiger partial charge is 0.366 e. The summed E-state index contributed by atoms with van der Waals surface area (Å²) in [5.74, 6) is -0.621. The summed E-state index contributed by atoms with van der Waals surface area (Å²) in [4.78, 5) is 25.5. The number of pyridine rings is 1. The minimum absolute atomic E-state index is 0.0615. The maximum Gasteiger partial charge on any atom is 0.270 e. The average molecular weight is 243 g/mol. The normalized spacial score (nSPS) is 10.0. The van der Waals surface area contributed by atoms with Gasteiger partial charge in [-0.1, -0.05) is 12.1 Å². The van der Waals surface area contributed by atoms with E-state index in [0.29, 0.717) is 11.3 Å². The smallest absolute Gasteiger partial charge is 0.270 e. The molecule has 1 amide bonds. The second-order valence-corrected chi connectivity index (χ2v) is 3.57. The summed E-state index contributed by atoms with van der Waals surface area (Å²) in [5.41, 5.74) is 6.24. The number of nitro groups is 1. The molecule has 2 aromatic rings. The summed E-state index contributed by atoms with van der Waals surface area (Å²) >= 11 is 0. The Bertz CT molecular complexity index is 625. The molecule has 0 aliphatic heterocycles. The molecule has 0 spiro atoms. The molecule has 0 fully saturated rings. The van der Waals surface area contributed by atoms with Crippen LogP contribution in [0.4, 0.5) is 5.69 Å². The molecular formula is C12H9N3O3. The van der Waals surface area contributed by atoms with Crippen LogP contribution in [0.2, 0.25) is 0 Å². The highest BCUT2D eigenvalue weighted by Gasteiger charge is 2.13. The van der Waals surface area contributed by atoms with E-state index >= 15 is 0 Å². The third kappa shape index (κ3) is 2.17. The fourth-order valence-electron chi connectivity index (χ4n) is 1.60. The van der Waals surface area contributed by atoms with E-state index in [2.05, 4.69) is 4.98 Å². The SMILES string of the molecule is NC(=O)c1cccnc1-c1cccc([N+](=O)[O-])c1. The van der Waals surface area contributed by atoms with Crippen molar-refractivity contribution >= 4 is 11.6 Å². The van der Waals surface area contributed by atoms with Gasteiger partial charge in [-0.2, -0.15) is 0 Å². The number of primary amides is 1. The van der Waals surface area contributed by atoms with Crippen LogP contribution in [0.25, 0.3) is 11.3 Å². The lowest BCUT2D eigenvalue weighted by atomic mass is 10.1.